The lowest BCUT2D eigenvalue weighted by Crippen LogP contribution is -2.34. The number of piperidine rings is 1. The highest BCUT2D eigenvalue weighted by Crippen LogP contribution is 2.35. The number of benzene rings is 2. The molecule has 0 bridgehead atoms. The molecular formula is C25H26N4S. The Kier molecular flexibility index (Phi) is 5.45. The van der Waals surface area contributed by atoms with E-state index in [4.69, 9.17) is 4.98 Å². The van der Waals surface area contributed by atoms with E-state index in [0.29, 0.717) is 5.92 Å². The molecule has 0 spiro atoms. The monoisotopic (exact) mass is 414 g/mol. The van der Waals surface area contributed by atoms with Crippen molar-refractivity contribution < 1.29 is 0 Å². The molecule has 1 aliphatic rings. The first-order valence-electron chi connectivity index (χ1n) is 10.7. The lowest BCUT2D eigenvalue weighted by atomic mass is 9.90. The number of hydrogen-bond donors (Lipinski definition) is 0. The number of anilines is 1. The standard InChI is InChI=1S/C25H26N4S/c1-18(21-7-8-22-23(16-21)27-12-11-26-22)24-17-28-25(30-24)29-13-9-20(10-14-29)15-19-5-3-2-4-6-19/h2-8,11-12,16-18,20H,9-10,13-15H2,1H3. The minimum atomic E-state index is 0.304. The topological polar surface area (TPSA) is 41.9 Å². The fourth-order valence-corrected chi connectivity index (χ4v) is 5.36. The molecule has 0 radical (unpaired) electrons. The number of thiazole rings is 1. The maximum absolute atomic E-state index is 4.77. The molecule has 1 aliphatic heterocycles. The molecule has 0 amide bonds. The Balaban J connectivity index is 1.24. The van der Waals surface area contributed by atoms with Crippen molar-refractivity contribution in [1.29, 1.82) is 0 Å². The fourth-order valence-electron chi connectivity index (χ4n) is 4.31. The zero-order valence-corrected chi connectivity index (χ0v) is 18.1. The summed E-state index contributed by atoms with van der Waals surface area (Å²) in [5.41, 5.74) is 4.62. The van der Waals surface area contributed by atoms with E-state index < -0.39 is 0 Å². The highest BCUT2D eigenvalue weighted by molar-refractivity contribution is 7.15. The third-order valence-electron chi connectivity index (χ3n) is 6.18. The number of fused-ring (bicyclic) bond motifs is 1. The van der Waals surface area contributed by atoms with E-state index in [2.05, 4.69) is 76.5 Å². The largest absolute Gasteiger partial charge is 0.348 e. The van der Waals surface area contributed by atoms with E-state index in [1.165, 1.54) is 35.3 Å². The van der Waals surface area contributed by atoms with Crippen LogP contribution in [0.4, 0.5) is 5.13 Å². The maximum Gasteiger partial charge on any atom is 0.185 e. The maximum atomic E-state index is 4.77. The predicted octanol–water partition coefficient (Wildman–Crippen LogP) is 5.70. The second-order valence-electron chi connectivity index (χ2n) is 8.19. The lowest BCUT2D eigenvalue weighted by Gasteiger charge is -2.31. The third kappa shape index (κ3) is 4.08. The van der Waals surface area contributed by atoms with Gasteiger partial charge in [0.2, 0.25) is 0 Å². The second-order valence-corrected chi connectivity index (χ2v) is 9.23. The number of nitrogens with zero attached hydrogens (tertiary/aromatic N) is 4. The molecule has 5 rings (SSSR count). The molecule has 1 atom stereocenters. The molecule has 5 heteroatoms. The minimum Gasteiger partial charge on any atom is -0.348 e. The highest BCUT2D eigenvalue weighted by Gasteiger charge is 2.22. The predicted molar refractivity (Wildman–Crippen MR) is 124 cm³/mol. The first-order chi connectivity index (χ1) is 14.8. The molecule has 1 saturated heterocycles. The number of aromatic nitrogens is 3. The van der Waals surface area contributed by atoms with Crippen LogP contribution in [-0.2, 0) is 6.42 Å². The van der Waals surface area contributed by atoms with Crippen molar-refractivity contribution in [1.82, 2.24) is 15.0 Å². The van der Waals surface area contributed by atoms with Gasteiger partial charge >= 0.3 is 0 Å². The van der Waals surface area contributed by atoms with Crippen LogP contribution in [0.2, 0.25) is 0 Å². The van der Waals surface area contributed by atoms with Gasteiger partial charge in [-0.25, -0.2) is 4.98 Å². The SMILES string of the molecule is CC(c1ccc2nccnc2c1)c1cnc(N2CCC(Cc3ccccc3)CC2)s1. The summed E-state index contributed by atoms with van der Waals surface area (Å²) in [5, 5.41) is 1.16. The van der Waals surface area contributed by atoms with Crippen LogP contribution in [0.3, 0.4) is 0 Å². The average Bonchev–Trinajstić information content (AvgIpc) is 3.30. The molecule has 2 aromatic carbocycles. The van der Waals surface area contributed by atoms with Gasteiger partial charge in [0, 0.05) is 42.5 Å². The number of rotatable bonds is 5. The smallest absolute Gasteiger partial charge is 0.185 e. The Bertz CT molecular complexity index is 1120. The van der Waals surface area contributed by atoms with Gasteiger partial charge in [-0.05, 0) is 48.4 Å². The van der Waals surface area contributed by atoms with Crippen molar-refractivity contribution in [2.24, 2.45) is 5.92 Å². The summed E-state index contributed by atoms with van der Waals surface area (Å²) >= 11 is 1.83. The Morgan fingerprint density at radius 2 is 1.73 bits per heavy atom. The van der Waals surface area contributed by atoms with E-state index in [1.807, 2.05) is 11.3 Å². The van der Waals surface area contributed by atoms with Crippen molar-refractivity contribution in [2.75, 3.05) is 18.0 Å². The summed E-state index contributed by atoms with van der Waals surface area (Å²) in [5.74, 6) is 1.08. The van der Waals surface area contributed by atoms with Crippen LogP contribution in [0, 0.1) is 5.92 Å². The van der Waals surface area contributed by atoms with E-state index in [-0.39, 0.29) is 0 Å². The normalized spacial score (nSPS) is 16.1. The molecule has 152 valence electrons. The van der Waals surface area contributed by atoms with Gasteiger partial charge in [0.05, 0.1) is 11.0 Å². The van der Waals surface area contributed by atoms with Gasteiger partial charge in [-0.15, -0.1) is 11.3 Å². The Labute approximate surface area is 181 Å². The molecule has 4 nitrogen and oxygen atoms in total. The lowest BCUT2D eigenvalue weighted by molar-refractivity contribution is 0.403. The van der Waals surface area contributed by atoms with Crippen LogP contribution >= 0.6 is 11.3 Å². The molecule has 0 aliphatic carbocycles. The molecule has 2 aromatic heterocycles. The molecule has 3 heterocycles. The van der Waals surface area contributed by atoms with Crippen molar-refractivity contribution in [2.45, 2.75) is 32.1 Å². The van der Waals surface area contributed by atoms with Gasteiger partial charge in [0.25, 0.3) is 0 Å². The van der Waals surface area contributed by atoms with Crippen LogP contribution in [-0.4, -0.2) is 28.0 Å². The van der Waals surface area contributed by atoms with Gasteiger partial charge in [0.1, 0.15) is 0 Å². The fraction of sp³-hybridized carbons (Fsp3) is 0.320. The van der Waals surface area contributed by atoms with Crippen molar-refractivity contribution >= 4 is 27.5 Å². The third-order valence-corrected chi connectivity index (χ3v) is 7.42. The Hall–Kier alpha value is -2.79. The molecule has 1 fully saturated rings. The van der Waals surface area contributed by atoms with Crippen LogP contribution in [0.1, 0.15) is 41.7 Å². The van der Waals surface area contributed by atoms with E-state index >= 15 is 0 Å². The van der Waals surface area contributed by atoms with Gasteiger partial charge in [0.15, 0.2) is 5.13 Å². The van der Waals surface area contributed by atoms with Crippen molar-refractivity contribution in [3.8, 4) is 0 Å². The van der Waals surface area contributed by atoms with Crippen molar-refractivity contribution in [3.05, 3.63) is 83.1 Å². The average molecular weight is 415 g/mol. The Morgan fingerprint density at radius 3 is 2.53 bits per heavy atom. The van der Waals surface area contributed by atoms with Crippen LogP contribution in [0.15, 0.2) is 67.1 Å². The number of hydrogen-bond acceptors (Lipinski definition) is 5. The van der Waals surface area contributed by atoms with E-state index in [1.54, 1.807) is 12.4 Å². The molecule has 30 heavy (non-hydrogen) atoms. The summed E-state index contributed by atoms with van der Waals surface area (Å²) in [4.78, 5) is 17.4. The first-order valence-corrected chi connectivity index (χ1v) is 11.5. The van der Waals surface area contributed by atoms with Crippen molar-refractivity contribution in [3.63, 3.8) is 0 Å². The van der Waals surface area contributed by atoms with Crippen LogP contribution in [0.5, 0.6) is 0 Å². The van der Waals surface area contributed by atoms with E-state index in [0.717, 1.165) is 35.2 Å². The summed E-state index contributed by atoms with van der Waals surface area (Å²) < 4.78 is 0. The summed E-state index contributed by atoms with van der Waals surface area (Å²) in [6.45, 7) is 4.45. The van der Waals surface area contributed by atoms with Crippen LogP contribution < -0.4 is 4.90 Å². The summed E-state index contributed by atoms with van der Waals surface area (Å²) in [6, 6.07) is 17.3. The summed E-state index contributed by atoms with van der Waals surface area (Å²) in [6.07, 6.45) is 9.22. The zero-order valence-electron chi connectivity index (χ0n) is 17.2. The van der Waals surface area contributed by atoms with Crippen LogP contribution in [0.25, 0.3) is 11.0 Å². The first kappa shape index (κ1) is 19.2. The van der Waals surface area contributed by atoms with E-state index in [9.17, 15) is 0 Å². The quantitative estimate of drug-likeness (QED) is 0.420. The Morgan fingerprint density at radius 1 is 0.967 bits per heavy atom. The molecular weight excluding hydrogens is 388 g/mol. The van der Waals surface area contributed by atoms with Gasteiger partial charge in [-0.1, -0.05) is 43.3 Å². The van der Waals surface area contributed by atoms with Gasteiger partial charge in [-0.2, -0.15) is 0 Å². The molecule has 1 unspecified atom stereocenters. The highest BCUT2D eigenvalue weighted by atomic mass is 32.1. The molecule has 4 aromatic rings. The minimum absolute atomic E-state index is 0.304. The molecule has 0 saturated carbocycles. The zero-order chi connectivity index (χ0) is 20.3. The summed E-state index contributed by atoms with van der Waals surface area (Å²) in [7, 11) is 0. The second kappa shape index (κ2) is 8.52. The van der Waals surface area contributed by atoms with Gasteiger partial charge < -0.3 is 4.90 Å². The molecule has 0 N–H and O–H groups in total. The van der Waals surface area contributed by atoms with Gasteiger partial charge in [-0.3, -0.25) is 9.97 Å².